The highest BCUT2D eigenvalue weighted by Crippen LogP contribution is 2.24. The fourth-order valence-corrected chi connectivity index (χ4v) is 3.03. The first-order valence-electron chi connectivity index (χ1n) is 7.61. The van der Waals surface area contributed by atoms with Crippen molar-refractivity contribution >= 4 is 23.3 Å². The zero-order chi connectivity index (χ0) is 15.4. The van der Waals surface area contributed by atoms with Crippen molar-refractivity contribution in [1.82, 2.24) is 9.80 Å². The van der Waals surface area contributed by atoms with Crippen LogP contribution in [0, 0.1) is 6.92 Å². The van der Waals surface area contributed by atoms with Gasteiger partial charge in [0.25, 0.3) is 0 Å². The molecule has 1 saturated heterocycles. The van der Waals surface area contributed by atoms with Crippen LogP contribution >= 0.6 is 11.6 Å². The van der Waals surface area contributed by atoms with Crippen molar-refractivity contribution in [1.29, 1.82) is 0 Å². The minimum absolute atomic E-state index is 0.160. The van der Waals surface area contributed by atoms with E-state index < -0.39 is 0 Å². The molecule has 4 nitrogen and oxygen atoms in total. The van der Waals surface area contributed by atoms with Gasteiger partial charge in [0.15, 0.2) is 0 Å². The lowest BCUT2D eigenvalue weighted by Crippen LogP contribution is -2.53. The predicted molar refractivity (Wildman–Crippen MR) is 88.3 cm³/mol. The lowest BCUT2D eigenvalue weighted by molar-refractivity contribution is 0.154. The van der Waals surface area contributed by atoms with Crippen molar-refractivity contribution < 1.29 is 4.79 Å². The maximum atomic E-state index is 12.3. The van der Waals surface area contributed by atoms with Gasteiger partial charge in [-0.25, -0.2) is 4.79 Å². The first kappa shape index (κ1) is 16.0. The molecule has 0 spiro atoms. The molecule has 0 radical (unpaired) electrons. The molecular formula is C16H24ClN3O. The number of aryl methyl sites for hydroxylation is 1. The van der Waals surface area contributed by atoms with Crippen LogP contribution in [0.4, 0.5) is 10.5 Å². The molecular weight excluding hydrogens is 286 g/mol. The molecule has 116 valence electrons. The van der Waals surface area contributed by atoms with Gasteiger partial charge in [0.2, 0.25) is 0 Å². The van der Waals surface area contributed by atoms with Crippen molar-refractivity contribution in [3.63, 3.8) is 0 Å². The van der Waals surface area contributed by atoms with Crippen LogP contribution in [0.1, 0.15) is 19.4 Å². The van der Waals surface area contributed by atoms with Crippen LogP contribution < -0.4 is 4.90 Å². The van der Waals surface area contributed by atoms with Crippen LogP contribution in [-0.4, -0.2) is 55.1 Å². The highest BCUT2D eigenvalue weighted by atomic mass is 35.5. The van der Waals surface area contributed by atoms with E-state index in [1.54, 1.807) is 0 Å². The number of carbonyl (C=O) groups is 1. The Bertz CT molecular complexity index is 494. The van der Waals surface area contributed by atoms with Gasteiger partial charge >= 0.3 is 6.03 Å². The molecule has 0 unspecified atom stereocenters. The quantitative estimate of drug-likeness (QED) is 0.857. The normalized spacial score (nSPS) is 15.2. The Morgan fingerprint density at radius 1 is 1.19 bits per heavy atom. The third-order valence-corrected chi connectivity index (χ3v) is 4.32. The highest BCUT2D eigenvalue weighted by Gasteiger charge is 2.24. The lowest BCUT2D eigenvalue weighted by Gasteiger charge is -2.38. The number of benzene rings is 1. The summed E-state index contributed by atoms with van der Waals surface area (Å²) in [6.07, 6.45) is 0. The zero-order valence-corrected chi connectivity index (χ0v) is 13.9. The molecule has 0 aromatic heterocycles. The smallest absolute Gasteiger partial charge is 0.320 e. The third kappa shape index (κ3) is 3.62. The van der Waals surface area contributed by atoms with Crippen LogP contribution in [0.15, 0.2) is 18.2 Å². The van der Waals surface area contributed by atoms with E-state index in [2.05, 4.69) is 17.9 Å². The molecule has 1 aromatic rings. The molecule has 0 atom stereocenters. The van der Waals surface area contributed by atoms with Crippen LogP contribution in [-0.2, 0) is 0 Å². The van der Waals surface area contributed by atoms with Gasteiger partial charge in [-0.2, -0.15) is 0 Å². The summed E-state index contributed by atoms with van der Waals surface area (Å²) in [4.78, 5) is 18.5. The number of carbonyl (C=O) groups excluding carboxylic acids is 1. The molecule has 0 saturated carbocycles. The van der Waals surface area contributed by atoms with Gasteiger partial charge in [-0.3, -0.25) is 0 Å². The standard InChI is InChI=1S/C16H24ClN3O/c1-4-18(5-2)16(21)20-10-8-19(9-11-20)15-7-6-14(17)12-13(15)3/h6-7,12H,4-5,8-11H2,1-3H3. The summed E-state index contributed by atoms with van der Waals surface area (Å²) in [7, 11) is 0. The van der Waals surface area contributed by atoms with Crippen molar-refractivity contribution in [3.05, 3.63) is 28.8 Å². The molecule has 2 rings (SSSR count). The van der Waals surface area contributed by atoms with Gasteiger partial charge in [0, 0.05) is 50.0 Å². The summed E-state index contributed by atoms with van der Waals surface area (Å²) < 4.78 is 0. The second kappa shape index (κ2) is 7.03. The van der Waals surface area contributed by atoms with Crippen molar-refractivity contribution in [2.24, 2.45) is 0 Å². The monoisotopic (exact) mass is 309 g/mol. The van der Waals surface area contributed by atoms with Crippen LogP contribution in [0.3, 0.4) is 0 Å². The van der Waals surface area contributed by atoms with Gasteiger partial charge in [0.05, 0.1) is 0 Å². The van der Waals surface area contributed by atoms with Gasteiger partial charge in [-0.15, -0.1) is 0 Å². The number of hydrogen-bond acceptors (Lipinski definition) is 2. The third-order valence-electron chi connectivity index (χ3n) is 4.08. The maximum absolute atomic E-state index is 12.3. The Labute approximate surface area is 132 Å². The fraction of sp³-hybridized carbons (Fsp3) is 0.562. The zero-order valence-electron chi connectivity index (χ0n) is 13.1. The SMILES string of the molecule is CCN(CC)C(=O)N1CCN(c2ccc(Cl)cc2C)CC1. The second-order valence-corrected chi connectivity index (χ2v) is 5.80. The molecule has 0 aliphatic carbocycles. The number of urea groups is 1. The van der Waals surface area contributed by atoms with E-state index in [1.807, 2.05) is 35.8 Å². The summed E-state index contributed by atoms with van der Waals surface area (Å²) in [5, 5.41) is 0.770. The highest BCUT2D eigenvalue weighted by molar-refractivity contribution is 6.30. The van der Waals surface area contributed by atoms with Crippen molar-refractivity contribution in [2.45, 2.75) is 20.8 Å². The Balaban J connectivity index is 1.98. The molecule has 1 aromatic carbocycles. The number of anilines is 1. The van der Waals surface area contributed by atoms with Gasteiger partial charge < -0.3 is 14.7 Å². The summed E-state index contributed by atoms with van der Waals surface area (Å²) in [6.45, 7) is 11.0. The number of nitrogens with zero attached hydrogens (tertiary/aromatic N) is 3. The largest absolute Gasteiger partial charge is 0.368 e. The minimum atomic E-state index is 0.160. The van der Waals surface area contributed by atoms with E-state index in [4.69, 9.17) is 11.6 Å². The Kier molecular flexibility index (Phi) is 5.34. The van der Waals surface area contributed by atoms with Gasteiger partial charge in [-0.05, 0) is 44.5 Å². The molecule has 1 aliphatic rings. The fourth-order valence-electron chi connectivity index (χ4n) is 2.81. The van der Waals surface area contributed by atoms with Crippen molar-refractivity contribution in [2.75, 3.05) is 44.2 Å². The lowest BCUT2D eigenvalue weighted by atomic mass is 10.1. The molecule has 21 heavy (non-hydrogen) atoms. The number of rotatable bonds is 3. The topological polar surface area (TPSA) is 26.8 Å². The van der Waals surface area contributed by atoms with Gasteiger partial charge in [-0.1, -0.05) is 11.6 Å². The summed E-state index contributed by atoms with van der Waals surface area (Å²) in [5.74, 6) is 0. The number of hydrogen-bond donors (Lipinski definition) is 0. The van der Waals surface area contributed by atoms with E-state index >= 15 is 0 Å². The van der Waals surface area contributed by atoms with E-state index in [0.717, 1.165) is 44.3 Å². The first-order valence-corrected chi connectivity index (χ1v) is 7.99. The molecule has 2 amide bonds. The molecule has 0 N–H and O–H groups in total. The van der Waals surface area contributed by atoms with E-state index in [1.165, 1.54) is 11.3 Å². The van der Waals surface area contributed by atoms with Crippen LogP contribution in [0.2, 0.25) is 5.02 Å². The van der Waals surface area contributed by atoms with E-state index in [9.17, 15) is 4.79 Å². The first-order chi connectivity index (χ1) is 10.1. The van der Waals surface area contributed by atoms with Gasteiger partial charge in [0.1, 0.15) is 0 Å². The second-order valence-electron chi connectivity index (χ2n) is 5.36. The predicted octanol–water partition coefficient (Wildman–Crippen LogP) is 3.23. The molecule has 1 fully saturated rings. The van der Waals surface area contributed by atoms with Crippen LogP contribution in [0.25, 0.3) is 0 Å². The Hall–Kier alpha value is -1.42. The number of piperazine rings is 1. The summed E-state index contributed by atoms with van der Waals surface area (Å²) >= 11 is 6.01. The van der Waals surface area contributed by atoms with Crippen LogP contribution in [0.5, 0.6) is 0 Å². The summed E-state index contributed by atoms with van der Waals surface area (Å²) in [5.41, 5.74) is 2.40. The van der Waals surface area contributed by atoms with E-state index in [0.29, 0.717) is 0 Å². The van der Waals surface area contributed by atoms with E-state index in [-0.39, 0.29) is 6.03 Å². The summed E-state index contributed by atoms with van der Waals surface area (Å²) in [6, 6.07) is 6.15. The Morgan fingerprint density at radius 3 is 2.33 bits per heavy atom. The van der Waals surface area contributed by atoms with Crippen molar-refractivity contribution in [3.8, 4) is 0 Å². The maximum Gasteiger partial charge on any atom is 0.320 e. The minimum Gasteiger partial charge on any atom is -0.368 e. The Morgan fingerprint density at radius 2 is 1.81 bits per heavy atom. The average Bonchev–Trinajstić information content (AvgIpc) is 2.48. The number of amides is 2. The molecule has 1 heterocycles. The molecule has 5 heteroatoms. The molecule has 1 aliphatic heterocycles. The number of halogens is 1. The average molecular weight is 310 g/mol. The molecule has 0 bridgehead atoms.